The molecule has 4 aromatic rings. The molecule has 0 saturated heterocycles. The number of carbonyl (C=O) groups is 1. The van der Waals surface area contributed by atoms with Gasteiger partial charge in [0.2, 0.25) is 0 Å². The monoisotopic (exact) mass is 416 g/mol. The first kappa shape index (κ1) is 20.3. The summed E-state index contributed by atoms with van der Waals surface area (Å²) >= 11 is 0. The van der Waals surface area contributed by atoms with Gasteiger partial charge in [-0.1, -0.05) is 48.5 Å². The number of benzene rings is 3. The second-order valence-corrected chi connectivity index (χ2v) is 6.98. The summed E-state index contributed by atoms with van der Waals surface area (Å²) in [5.74, 6) is 0.0364. The number of methoxy groups -OCH3 is 1. The van der Waals surface area contributed by atoms with Gasteiger partial charge in [0.05, 0.1) is 30.2 Å². The number of rotatable bonds is 6. The number of hydrogen-bond acceptors (Lipinski definition) is 5. The van der Waals surface area contributed by atoms with Gasteiger partial charge in [-0.15, -0.1) is 0 Å². The maximum atomic E-state index is 13.5. The Hall–Kier alpha value is -3.97. The molecule has 7 nitrogen and oxygen atoms in total. The molecule has 0 radical (unpaired) electrons. The molecule has 156 valence electrons. The number of carbonyl (C=O) groups excluding carboxylic acids is 1. The van der Waals surface area contributed by atoms with Gasteiger partial charge in [0.15, 0.2) is 5.78 Å². The van der Waals surface area contributed by atoms with Crippen LogP contribution in [0.25, 0.3) is 16.6 Å². The van der Waals surface area contributed by atoms with E-state index in [1.165, 1.54) is 11.7 Å². The lowest BCUT2D eigenvalue weighted by Gasteiger charge is -2.16. The van der Waals surface area contributed by atoms with Crippen molar-refractivity contribution in [3.05, 3.63) is 105 Å². The standard InChI is InChI=1S/C24H20N2O5/c1-31-22-9-5-4-8-20(22)26-23(29)18-6-2-3-7-19(18)25(24(26)30)14-16-10-12-17(13-11-16)21(28)15-27/h2-13,27H,14-15H2,1H3. The van der Waals surface area contributed by atoms with Crippen molar-refractivity contribution in [1.82, 2.24) is 9.13 Å². The molecule has 1 heterocycles. The van der Waals surface area contributed by atoms with Crippen molar-refractivity contribution < 1.29 is 14.6 Å². The van der Waals surface area contributed by atoms with E-state index in [9.17, 15) is 14.4 Å². The van der Waals surface area contributed by atoms with Crippen molar-refractivity contribution in [2.75, 3.05) is 13.7 Å². The number of ketones is 1. The molecule has 3 aromatic carbocycles. The molecular weight excluding hydrogens is 396 g/mol. The molecule has 0 amide bonds. The molecule has 4 rings (SSSR count). The average molecular weight is 416 g/mol. The predicted molar refractivity (Wildman–Crippen MR) is 117 cm³/mol. The van der Waals surface area contributed by atoms with Crippen LogP contribution in [0.5, 0.6) is 5.75 Å². The highest BCUT2D eigenvalue weighted by Gasteiger charge is 2.17. The van der Waals surface area contributed by atoms with E-state index in [1.54, 1.807) is 72.8 Å². The van der Waals surface area contributed by atoms with Gasteiger partial charge in [0, 0.05) is 5.56 Å². The minimum Gasteiger partial charge on any atom is -0.495 e. The van der Waals surface area contributed by atoms with Gasteiger partial charge in [0.1, 0.15) is 12.4 Å². The highest BCUT2D eigenvalue weighted by atomic mass is 16.5. The van der Waals surface area contributed by atoms with E-state index in [1.807, 2.05) is 0 Å². The Morgan fingerprint density at radius 2 is 1.61 bits per heavy atom. The molecule has 1 N–H and O–H groups in total. The van der Waals surface area contributed by atoms with E-state index in [0.29, 0.717) is 27.9 Å². The molecule has 0 saturated carbocycles. The smallest absolute Gasteiger partial charge is 0.336 e. The van der Waals surface area contributed by atoms with Crippen molar-refractivity contribution in [2.45, 2.75) is 6.54 Å². The quantitative estimate of drug-likeness (QED) is 0.488. The van der Waals surface area contributed by atoms with Crippen molar-refractivity contribution in [2.24, 2.45) is 0 Å². The number of aliphatic hydroxyl groups excluding tert-OH is 1. The summed E-state index contributed by atoms with van der Waals surface area (Å²) in [6, 6.07) is 20.5. The molecule has 7 heteroatoms. The van der Waals surface area contributed by atoms with Crippen molar-refractivity contribution >= 4 is 16.7 Å². The zero-order chi connectivity index (χ0) is 22.0. The summed E-state index contributed by atoms with van der Waals surface area (Å²) in [6.07, 6.45) is 0. The summed E-state index contributed by atoms with van der Waals surface area (Å²) in [5.41, 5.74) is 1.12. The summed E-state index contributed by atoms with van der Waals surface area (Å²) in [6.45, 7) is -0.365. The molecule has 0 spiro atoms. The summed E-state index contributed by atoms with van der Waals surface area (Å²) in [4.78, 5) is 38.3. The van der Waals surface area contributed by atoms with Crippen LogP contribution < -0.4 is 16.0 Å². The van der Waals surface area contributed by atoms with Gasteiger partial charge in [-0.2, -0.15) is 0 Å². The van der Waals surface area contributed by atoms with Crippen LogP contribution in [0.15, 0.2) is 82.4 Å². The van der Waals surface area contributed by atoms with Crippen LogP contribution in [-0.4, -0.2) is 33.7 Å². The fraction of sp³-hybridized carbons (Fsp3) is 0.125. The van der Waals surface area contributed by atoms with E-state index in [-0.39, 0.29) is 12.3 Å². The number of ether oxygens (including phenoxy) is 1. The third kappa shape index (κ3) is 3.67. The topological polar surface area (TPSA) is 90.5 Å². The Labute approximate surface area is 177 Å². The zero-order valence-electron chi connectivity index (χ0n) is 16.8. The molecule has 0 aliphatic carbocycles. The van der Waals surface area contributed by atoms with Crippen LogP contribution in [0.1, 0.15) is 15.9 Å². The van der Waals surface area contributed by atoms with Gasteiger partial charge in [-0.05, 0) is 29.8 Å². The van der Waals surface area contributed by atoms with E-state index in [2.05, 4.69) is 0 Å². The van der Waals surface area contributed by atoms with Gasteiger partial charge in [0.25, 0.3) is 5.56 Å². The third-order valence-electron chi connectivity index (χ3n) is 5.14. The number of hydrogen-bond donors (Lipinski definition) is 1. The zero-order valence-corrected chi connectivity index (χ0v) is 16.8. The molecule has 0 unspecified atom stereocenters. The van der Waals surface area contributed by atoms with Crippen LogP contribution >= 0.6 is 0 Å². The largest absolute Gasteiger partial charge is 0.495 e. The first-order valence-corrected chi connectivity index (χ1v) is 9.66. The Bertz CT molecular complexity index is 1380. The molecule has 0 bridgehead atoms. The summed E-state index contributed by atoms with van der Waals surface area (Å²) in [7, 11) is 1.48. The molecule has 1 aromatic heterocycles. The normalized spacial score (nSPS) is 10.9. The Morgan fingerprint density at radius 1 is 0.935 bits per heavy atom. The van der Waals surface area contributed by atoms with Crippen LogP contribution in [0.3, 0.4) is 0 Å². The van der Waals surface area contributed by atoms with E-state index < -0.39 is 17.9 Å². The van der Waals surface area contributed by atoms with Gasteiger partial charge in [-0.25, -0.2) is 9.36 Å². The Balaban J connectivity index is 1.92. The number of fused-ring (bicyclic) bond motifs is 1. The number of aliphatic hydroxyl groups is 1. The Kier molecular flexibility index (Phi) is 5.51. The van der Waals surface area contributed by atoms with E-state index >= 15 is 0 Å². The Morgan fingerprint density at radius 3 is 2.32 bits per heavy atom. The lowest BCUT2D eigenvalue weighted by atomic mass is 10.1. The fourth-order valence-electron chi connectivity index (χ4n) is 3.57. The third-order valence-corrected chi connectivity index (χ3v) is 5.14. The van der Waals surface area contributed by atoms with Crippen molar-refractivity contribution in [3.8, 4) is 11.4 Å². The number of para-hydroxylation sites is 3. The second kappa shape index (κ2) is 8.41. The maximum absolute atomic E-state index is 13.5. The molecule has 0 atom stereocenters. The predicted octanol–water partition coefficient (Wildman–Crippen LogP) is 2.38. The fourth-order valence-corrected chi connectivity index (χ4v) is 3.57. The number of aromatic nitrogens is 2. The highest BCUT2D eigenvalue weighted by molar-refractivity contribution is 5.96. The first-order valence-electron chi connectivity index (χ1n) is 9.66. The minimum absolute atomic E-state index is 0.197. The highest BCUT2D eigenvalue weighted by Crippen LogP contribution is 2.20. The van der Waals surface area contributed by atoms with Crippen LogP contribution in [0, 0.1) is 0 Å². The van der Waals surface area contributed by atoms with E-state index in [4.69, 9.17) is 9.84 Å². The molecule has 31 heavy (non-hydrogen) atoms. The molecule has 0 aliphatic heterocycles. The lowest BCUT2D eigenvalue weighted by Crippen LogP contribution is -2.39. The summed E-state index contributed by atoms with van der Waals surface area (Å²) in [5, 5.41) is 9.42. The maximum Gasteiger partial charge on any atom is 0.336 e. The van der Waals surface area contributed by atoms with Gasteiger partial charge >= 0.3 is 5.69 Å². The minimum atomic E-state index is -0.562. The number of nitrogens with zero attached hydrogens (tertiary/aromatic N) is 2. The molecule has 0 fully saturated rings. The second-order valence-electron chi connectivity index (χ2n) is 6.98. The first-order chi connectivity index (χ1) is 15.0. The average Bonchev–Trinajstić information content (AvgIpc) is 2.82. The molecular formula is C24H20N2O5. The van der Waals surface area contributed by atoms with Gasteiger partial charge < -0.3 is 9.84 Å². The number of Topliss-reactive ketones (excluding diaryl/α,β-unsaturated/α-hetero) is 1. The van der Waals surface area contributed by atoms with Crippen LogP contribution in [0.2, 0.25) is 0 Å². The van der Waals surface area contributed by atoms with Crippen molar-refractivity contribution in [3.63, 3.8) is 0 Å². The summed E-state index contributed by atoms with van der Waals surface area (Å²) < 4.78 is 8.00. The van der Waals surface area contributed by atoms with Crippen LogP contribution in [-0.2, 0) is 6.54 Å². The van der Waals surface area contributed by atoms with Crippen LogP contribution in [0.4, 0.5) is 0 Å². The molecule has 0 aliphatic rings. The van der Waals surface area contributed by atoms with Gasteiger partial charge in [-0.3, -0.25) is 14.2 Å². The lowest BCUT2D eigenvalue weighted by molar-refractivity contribution is 0.0903. The van der Waals surface area contributed by atoms with E-state index in [0.717, 1.165) is 10.1 Å². The SMILES string of the molecule is COc1ccccc1-n1c(=O)c2ccccc2n(Cc2ccc(C(=O)CO)cc2)c1=O. The van der Waals surface area contributed by atoms with Crippen molar-refractivity contribution in [1.29, 1.82) is 0 Å².